The largest absolute Gasteiger partial charge is 0.508 e. The summed E-state index contributed by atoms with van der Waals surface area (Å²) in [7, 11) is -4.06. The van der Waals surface area contributed by atoms with E-state index in [0.29, 0.717) is 18.5 Å². The predicted octanol–water partition coefficient (Wildman–Crippen LogP) is 2.18. The van der Waals surface area contributed by atoms with Gasteiger partial charge in [0.2, 0.25) is 0 Å². The van der Waals surface area contributed by atoms with Crippen LogP contribution < -0.4 is 26.8 Å². The van der Waals surface area contributed by atoms with E-state index in [9.17, 15) is 28.2 Å². The fourth-order valence-corrected chi connectivity index (χ4v) is 5.33. The molecule has 0 saturated carbocycles. The molecule has 1 atom stereocenters. The van der Waals surface area contributed by atoms with Crippen molar-refractivity contribution >= 4 is 51.1 Å². The number of amides is 1. The molecule has 1 aromatic heterocycles. The van der Waals surface area contributed by atoms with Gasteiger partial charge in [0.1, 0.15) is 23.0 Å². The summed E-state index contributed by atoms with van der Waals surface area (Å²) in [5, 5.41) is 25.6. The topological polar surface area (TPSA) is 197 Å². The van der Waals surface area contributed by atoms with Crippen molar-refractivity contribution in [1.82, 2.24) is 10.6 Å². The fourth-order valence-electron chi connectivity index (χ4n) is 3.39. The van der Waals surface area contributed by atoms with E-state index in [1.165, 1.54) is 23.6 Å². The number of carbonyl (C=O) groups excluding carboxylic acids is 1. The third-order valence-electron chi connectivity index (χ3n) is 5.30. The molecule has 9 N–H and O–H groups in total. The van der Waals surface area contributed by atoms with Gasteiger partial charge in [-0.05, 0) is 66.2 Å². The van der Waals surface area contributed by atoms with Crippen molar-refractivity contribution in [2.45, 2.75) is 30.1 Å². The Hall–Kier alpha value is -3.75. The van der Waals surface area contributed by atoms with Crippen LogP contribution in [0.4, 0.5) is 5.69 Å². The first-order chi connectivity index (χ1) is 18.0. The Kier molecular flexibility index (Phi) is 9.98. The van der Waals surface area contributed by atoms with Crippen molar-refractivity contribution in [2.75, 3.05) is 11.3 Å². The Morgan fingerprint density at radius 1 is 1.03 bits per heavy atom. The SMILES string of the molecule is NC(N)NCCC[C@H](NC(=O)c1sccc1NS(=O)(=O)c1cccc(/C=C/c2ccc(O)cc2)c1)C(=O)O. The van der Waals surface area contributed by atoms with E-state index in [0.717, 1.165) is 16.9 Å². The van der Waals surface area contributed by atoms with Crippen LogP contribution in [0.25, 0.3) is 12.2 Å². The molecule has 0 aliphatic heterocycles. The third kappa shape index (κ3) is 8.39. The molecule has 13 heteroatoms. The van der Waals surface area contributed by atoms with E-state index >= 15 is 0 Å². The Morgan fingerprint density at radius 2 is 1.74 bits per heavy atom. The predicted molar refractivity (Wildman–Crippen MR) is 147 cm³/mol. The maximum absolute atomic E-state index is 13.1. The van der Waals surface area contributed by atoms with Crippen molar-refractivity contribution in [2.24, 2.45) is 11.5 Å². The number of hydrogen-bond donors (Lipinski definition) is 7. The number of nitrogens with two attached hydrogens (primary N) is 2. The lowest BCUT2D eigenvalue weighted by molar-refractivity contribution is -0.139. The highest BCUT2D eigenvalue weighted by atomic mass is 32.2. The van der Waals surface area contributed by atoms with Crippen molar-refractivity contribution in [3.05, 3.63) is 76.0 Å². The molecule has 0 radical (unpaired) electrons. The first kappa shape index (κ1) is 28.8. The molecule has 0 saturated heterocycles. The van der Waals surface area contributed by atoms with Gasteiger partial charge in [0.15, 0.2) is 0 Å². The first-order valence-electron chi connectivity index (χ1n) is 11.5. The van der Waals surface area contributed by atoms with Gasteiger partial charge in [-0.3, -0.25) is 14.8 Å². The number of aliphatic carboxylic acids is 1. The number of rotatable bonds is 13. The van der Waals surface area contributed by atoms with Crippen LogP contribution in [-0.4, -0.2) is 49.4 Å². The molecule has 11 nitrogen and oxygen atoms in total. The van der Waals surface area contributed by atoms with Crippen LogP contribution in [0.1, 0.15) is 33.6 Å². The monoisotopic (exact) mass is 559 g/mol. The number of hydrogen-bond acceptors (Lipinski definition) is 9. The highest BCUT2D eigenvalue weighted by Crippen LogP contribution is 2.26. The zero-order valence-corrected chi connectivity index (χ0v) is 21.8. The van der Waals surface area contributed by atoms with Gasteiger partial charge >= 0.3 is 5.97 Å². The minimum absolute atomic E-state index is 0.0167. The van der Waals surface area contributed by atoms with E-state index in [1.807, 2.05) is 0 Å². The van der Waals surface area contributed by atoms with E-state index in [2.05, 4.69) is 15.4 Å². The van der Waals surface area contributed by atoms with E-state index in [-0.39, 0.29) is 27.6 Å². The Morgan fingerprint density at radius 3 is 2.42 bits per heavy atom. The minimum Gasteiger partial charge on any atom is -0.508 e. The molecule has 202 valence electrons. The zero-order chi connectivity index (χ0) is 27.7. The molecule has 38 heavy (non-hydrogen) atoms. The molecule has 0 aliphatic rings. The van der Waals surface area contributed by atoms with Crippen LogP contribution in [0.2, 0.25) is 0 Å². The highest BCUT2D eigenvalue weighted by Gasteiger charge is 2.24. The van der Waals surface area contributed by atoms with Gasteiger partial charge in [0, 0.05) is 0 Å². The van der Waals surface area contributed by atoms with Gasteiger partial charge in [0.05, 0.1) is 10.6 Å². The van der Waals surface area contributed by atoms with Gasteiger partial charge in [-0.1, -0.05) is 36.4 Å². The minimum atomic E-state index is -4.06. The fraction of sp³-hybridized carbons (Fsp3) is 0.200. The summed E-state index contributed by atoms with van der Waals surface area (Å²) in [5.74, 6) is -1.78. The van der Waals surface area contributed by atoms with Crippen LogP contribution >= 0.6 is 11.3 Å². The summed E-state index contributed by atoms with van der Waals surface area (Å²) >= 11 is 0.983. The average molecular weight is 560 g/mol. The number of carbonyl (C=O) groups is 2. The number of phenols is 1. The van der Waals surface area contributed by atoms with Crippen molar-refractivity contribution in [3.8, 4) is 5.75 Å². The Labute approximate surface area is 224 Å². The van der Waals surface area contributed by atoms with Crippen LogP contribution in [0.15, 0.2) is 64.9 Å². The molecule has 0 fully saturated rings. The molecule has 0 bridgehead atoms. The molecule has 2 aromatic carbocycles. The quantitative estimate of drug-likeness (QED) is 0.0932. The van der Waals surface area contributed by atoms with Gasteiger partial charge < -0.3 is 27.0 Å². The number of nitrogens with one attached hydrogen (secondary N) is 3. The Bertz CT molecular complexity index is 1390. The molecule has 1 heterocycles. The van der Waals surface area contributed by atoms with Crippen LogP contribution in [0.5, 0.6) is 5.75 Å². The summed E-state index contributed by atoms with van der Waals surface area (Å²) in [6.45, 7) is 0.366. The summed E-state index contributed by atoms with van der Waals surface area (Å²) < 4.78 is 28.6. The van der Waals surface area contributed by atoms with Crippen molar-refractivity contribution in [1.29, 1.82) is 0 Å². The van der Waals surface area contributed by atoms with E-state index in [1.54, 1.807) is 48.6 Å². The van der Waals surface area contributed by atoms with Crippen LogP contribution in [-0.2, 0) is 14.8 Å². The van der Waals surface area contributed by atoms with Gasteiger partial charge in [-0.15, -0.1) is 11.3 Å². The number of sulfonamides is 1. The molecule has 0 spiro atoms. The second kappa shape index (κ2) is 13.2. The van der Waals surface area contributed by atoms with E-state index < -0.39 is 34.2 Å². The van der Waals surface area contributed by atoms with E-state index in [4.69, 9.17) is 11.5 Å². The summed E-state index contributed by atoms with van der Waals surface area (Å²) in [4.78, 5) is 24.4. The normalized spacial score (nSPS) is 12.5. The zero-order valence-electron chi connectivity index (χ0n) is 20.2. The van der Waals surface area contributed by atoms with Crippen LogP contribution in [0, 0.1) is 0 Å². The molecular weight excluding hydrogens is 530 g/mol. The molecule has 0 unspecified atom stereocenters. The van der Waals surface area contributed by atoms with Crippen molar-refractivity contribution in [3.63, 3.8) is 0 Å². The maximum Gasteiger partial charge on any atom is 0.326 e. The number of anilines is 1. The van der Waals surface area contributed by atoms with Crippen molar-refractivity contribution < 1.29 is 28.2 Å². The number of thiophene rings is 1. The lowest BCUT2D eigenvalue weighted by Crippen LogP contribution is -2.46. The van der Waals surface area contributed by atoms with Gasteiger partial charge in [-0.25, -0.2) is 13.2 Å². The second-order valence-electron chi connectivity index (χ2n) is 8.25. The molecule has 3 rings (SSSR count). The van der Waals surface area contributed by atoms with Gasteiger partial charge in [-0.2, -0.15) is 0 Å². The molecule has 1 amide bonds. The number of carboxylic acid groups (broad SMARTS) is 1. The maximum atomic E-state index is 13.1. The molecule has 0 aliphatic carbocycles. The lowest BCUT2D eigenvalue weighted by atomic mass is 10.1. The second-order valence-corrected chi connectivity index (χ2v) is 10.9. The lowest BCUT2D eigenvalue weighted by Gasteiger charge is -2.16. The smallest absolute Gasteiger partial charge is 0.326 e. The summed E-state index contributed by atoms with van der Waals surface area (Å²) in [6, 6.07) is 13.0. The first-order valence-corrected chi connectivity index (χ1v) is 13.9. The number of carboxylic acids is 1. The summed E-state index contributed by atoms with van der Waals surface area (Å²) in [5.41, 5.74) is 12.3. The standard InChI is InChI=1S/C25H29N5O6S2/c26-25(27)28-13-2-5-21(24(33)34)29-23(32)22-20(12-14-37-22)30-38(35,36)19-4-1-3-17(15-19)7-6-16-8-10-18(31)11-9-16/h1,3-4,6-12,14-15,21,25,28,30-31H,2,5,13,26-27H2,(H,29,32)(H,33,34)/b7-6+/t21-/m0/s1. The molecule has 3 aromatic rings. The average Bonchev–Trinajstić information content (AvgIpc) is 3.33. The summed E-state index contributed by atoms with van der Waals surface area (Å²) in [6.07, 6.45) is 3.29. The Balaban J connectivity index is 1.70. The number of benzene rings is 2. The molecular formula is C25H29N5O6S2. The van der Waals surface area contributed by atoms with Gasteiger partial charge in [0.25, 0.3) is 15.9 Å². The highest BCUT2D eigenvalue weighted by molar-refractivity contribution is 7.92. The number of aromatic hydroxyl groups is 1. The van der Waals surface area contributed by atoms with Crippen LogP contribution in [0.3, 0.4) is 0 Å². The number of phenolic OH excluding ortho intramolecular Hbond substituents is 1. The third-order valence-corrected chi connectivity index (χ3v) is 7.57.